The van der Waals surface area contributed by atoms with Gasteiger partial charge in [0.05, 0.1) is 0 Å². The van der Waals surface area contributed by atoms with Gasteiger partial charge in [0.15, 0.2) is 0 Å². The highest BCUT2D eigenvalue weighted by Gasteiger charge is 1.93. The molecule has 14 heavy (non-hydrogen) atoms. The smallest absolute Gasteiger partial charge is 0.223 e. The van der Waals surface area contributed by atoms with Crippen molar-refractivity contribution in [1.29, 1.82) is 0 Å². The minimum atomic E-state index is 0.178. The average Bonchev–Trinajstić information content (AvgIpc) is 2.21. The lowest BCUT2D eigenvalue weighted by atomic mass is 10.2. The van der Waals surface area contributed by atoms with Gasteiger partial charge in [-0.05, 0) is 43.6 Å². The molecule has 1 saturated heterocycles. The highest BCUT2D eigenvalue weighted by Crippen LogP contribution is 2.04. The zero-order valence-electron chi connectivity index (χ0n) is 7.84. The Morgan fingerprint density at radius 1 is 1.14 bits per heavy atom. The second kappa shape index (κ2) is 6.98. The van der Waals surface area contributed by atoms with Crippen molar-refractivity contribution in [2.75, 3.05) is 13.1 Å². The fourth-order valence-corrected chi connectivity index (χ4v) is 1.44. The fraction of sp³-hybridized carbons (Fsp3) is 0.556. The van der Waals surface area contributed by atoms with Gasteiger partial charge in [0, 0.05) is 6.20 Å². The summed E-state index contributed by atoms with van der Waals surface area (Å²) in [5.74, 6) is 0. The summed E-state index contributed by atoms with van der Waals surface area (Å²) >= 11 is 10.7. The topological polar surface area (TPSA) is 37.8 Å². The molecule has 1 N–H and O–H groups in total. The normalized spacial score (nSPS) is 15.6. The first-order valence-corrected chi connectivity index (χ1v) is 5.39. The van der Waals surface area contributed by atoms with E-state index in [9.17, 15) is 0 Å². The Morgan fingerprint density at radius 2 is 1.86 bits per heavy atom. The van der Waals surface area contributed by atoms with E-state index in [0.29, 0.717) is 5.15 Å². The summed E-state index contributed by atoms with van der Waals surface area (Å²) in [6.45, 7) is 2.50. The lowest BCUT2D eigenvalue weighted by molar-refractivity contribution is 0.520. The van der Waals surface area contributed by atoms with E-state index in [2.05, 4.69) is 15.3 Å². The summed E-state index contributed by atoms with van der Waals surface area (Å²) in [7, 11) is 0. The van der Waals surface area contributed by atoms with Crippen LogP contribution < -0.4 is 5.32 Å². The number of halogens is 2. The van der Waals surface area contributed by atoms with E-state index in [1.807, 2.05) is 0 Å². The third-order valence-corrected chi connectivity index (χ3v) is 2.19. The van der Waals surface area contributed by atoms with Crippen molar-refractivity contribution in [1.82, 2.24) is 15.3 Å². The molecule has 0 saturated carbocycles. The number of nitrogens with one attached hydrogen (secondary N) is 1. The molecule has 0 unspecified atom stereocenters. The molecule has 0 atom stereocenters. The van der Waals surface area contributed by atoms with Crippen LogP contribution in [0.15, 0.2) is 12.3 Å². The van der Waals surface area contributed by atoms with Gasteiger partial charge in [0.2, 0.25) is 5.28 Å². The second-order valence-electron chi connectivity index (χ2n) is 2.96. The Balaban J connectivity index is 0.000000146. The van der Waals surface area contributed by atoms with Crippen molar-refractivity contribution in [2.24, 2.45) is 0 Å². The summed E-state index contributed by atoms with van der Waals surface area (Å²) in [6, 6.07) is 1.56. The summed E-state index contributed by atoms with van der Waals surface area (Å²) in [6.07, 6.45) is 5.71. The highest BCUT2D eigenvalue weighted by molar-refractivity contribution is 6.31. The predicted octanol–water partition coefficient (Wildman–Crippen LogP) is 2.54. The number of nitrogens with zero attached hydrogens (tertiary/aromatic N) is 2. The molecule has 2 rings (SSSR count). The van der Waals surface area contributed by atoms with Gasteiger partial charge in [0.1, 0.15) is 5.15 Å². The van der Waals surface area contributed by atoms with E-state index in [1.54, 1.807) is 6.07 Å². The van der Waals surface area contributed by atoms with Gasteiger partial charge in [-0.2, -0.15) is 0 Å². The van der Waals surface area contributed by atoms with E-state index in [0.717, 1.165) is 0 Å². The number of aromatic nitrogens is 2. The van der Waals surface area contributed by atoms with Gasteiger partial charge in [-0.25, -0.2) is 9.97 Å². The minimum Gasteiger partial charge on any atom is -0.317 e. The molecule has 5 heteroatoms. The first kappa shape index (κ1) is 11.7. The Bertz CT molecular complexity index is 235. The zero-order chi connectivity index (χ0) is 10.2. The molecular formula is C9H13Cl2N3. The fourth-order valence-electron chi connectivity index (χ4n) is 1.12. The molecule has 0 radical (unpaired) electrons. The van der Waals surface area contributed by atoms with E-state index in [1.165, 1.54) is 38.5 Å². The molecule has 3 nitrogen and oxygen atoms in total. The van der Waals surface area contributed by atoms with Gasteiger partial charge in [-0.1, -0.05) is 18.0 Å². The largest absolute Gasteiger partial charge is 0.317 e. The van der Waals surface area contributed by atoms with Crippen LogP contribution in [-0.4, -0.2) is 23.1 Å². The highest BCUT2D eigenvalue weighted by atomic mass is 35.5. The van der Waals surface area contributed by atoms with Crippen LogP contribution in [0, 0.1) is 0 Å². The van der Waals surface area contributed by atoms with Gasteiger partial charge in [-0.15, -0.1) is 0 Å². The number of hydrogen-bond acceptors (Lipinski definition) is 3. The van der Waals surface area contributed by atoms with Gasteiger partial charge >= 0.3 is 0 Å². The third kappa shape index (κ3) is 5.37. The lowest BCUT2D eigenvalue weighted by Gasteiger charge is -2.08. The molecule has 0 amide bonds. The van der Waals surface area contributed by atoms with Gasteiger partial charge in [0.25, 0.3) is 0 Å². The number of hydrogen-bond donors (Lipinski definition) is 1. The number of piperidine rings is 1. The molecule has 1 fully saturated rings. The Hall–Kier alpha value is -0.380. The van der Waals surface area contributed by atoms with Crippen LogP contribution in [-0.2, 0) is 0 Å². The Morgan fingerprint density at radius 3 is 2.14 bits per heavy atom. The zero-order valence-corrected chi connectivity index (χ0v) is 9.35. The molecule has 0 spiro atoms. The maximum absolute atomic E-state index is 5.41. The second-order valence-corrected chi connectivity index (χ2v) is 3.68. The summed E-state index contributed by atoms with van der Waals surface area (Å²) in [4.78, 5) is 7.20. The van der Waals surface area contributed by atoms with Crippen LogP contribution in [0.2, 0.25) is 10.4 Å². The van der Waals surface area contributed by atoms with Crippen molar-refractivity contribution in [3.63, 3.8) is 0 Å². The van der Waals surface area contributed by atoms with E-state index in [4.69, 9.17) is 23.2 Å². The van der Waals surface area contributed by atoms with Gasteiger partial charge in [-0.3, -0.25) is 0 Å². The summed E-state index contributed by atoms with van der Waals surface area (Å²) in [5, 5.41) is 3.83. The van der Waals surface area contributed by atoms with Crippen LogP contribution in [0.4, 0.5) is 0 Å². The molecule has 0 aromatic carbocycles. The third-order valence-electron chi connectivity index (χ3n) is 1.80. The van der Waals surface area contributed by atoms with Crippen LogP contribution in [0.25, 0.3) is 0 Å². The predicted molar refractivity (Wildman–Crippen MR) is 58.8 cm³/mol. The van der Waals surface area contributed by atoms with E-state index >= 15 is 0 Å². The van der Waals surface area contributed by atoms with Crippen molar-refractivity contribution >= 4 is 23.2 Å². The number of rotatable bonds is 0. The summed E-state index contributed by atoms with van der Waals surface area (Å²) in [5.41, 5.74) is 0. The molecule has 78 valence electrons. The molecular weight excluding hydrogens is 221 g/mol. The summed E-state index contributed by atoms with van der Waals surface area (Å²) < 4.78 is 0. The van der Waals surface area contributed by atoms with E-state index < -0.39 is 0 Å². The first-order chi connectivity index (χ1) is 6.79. The monoisotopic (exact) mass is 233 g/mol. The average molecular weight is 234 g/mol. The molecule has 0 bridgehead atoms. The van der Waals surface area contributed by atoms with E-state index in [-0.39, 0.29) is 5.28 Å². The lowest BCUT2D eigenvalue weighted by Crippen LogP contribution is -2.21. The molecule has 2 heterocycles. The van der Waals surface area contributed by atoms with Crippen molar-refractivity contribution in [3.05, 3.63) is 22.7 Å². The van der Waals surface area contributed by atoms with Crippen LogP contribution >= 0.6 is 23.2 Å². The quantitative estimate of drug-likeness (QED) is 0.553. The van der Waals surface area contributed by atoms with Crippen molar-refractivity contribution in [3.8, 4) is 0 Å². The molecule has 1 aromatic rings. The molecule has 1 aliphatic rings. The maximum atomic E-state index is 5.41. The minimum absolute atomic E-state index is 0.178. The van der Waals surface area contributed by atoms with Crippen molar-refractivity contribution < 1.29 is 0 Å². The van der Waals surface area contributed by atoms with Crippen LogP contribution in [0.3, 0.4) is 0 Å². The van der Waals surface area contributed by atoms with Crippen molar-refractivity contribution in [2.45, 2.75) is 19.3 Å². The van der Waals surface area contributed by atoms with Crippen LogP contribution in [0.1, 0.15) is 19.3 Å². The SMILES string of the molecule is C1CCNCC1.Clc1ccnc(Cl)n1. The molecule has 0 aliphatic carbocycles. The maximum Gasteiger partial charge on any atom is 0.223 e. The van der Waals surface area contributed by atoms with Gasteiger partial charge < -0.3 is 5.32 Å². The Kier molecular flexibility index (Phi) is 5.83. The molecule has 1 aliphatic heterocycles. The molecule has 1 aromatic heterocycles. The standard InChI is InChI=1S/C5H11N.C4H2Cl2N2/c1-2-4-6-5-3-1;5-3-1-2-7-4(6)8-3/h6H,1-5H2;1-2H. The van der Waals surface area contributed by atoms with Crippen LogP contribution in [0.5, 0.6) is 0 Å². The Labute approximate surface area is 93.9 Å². The first-order valence-electron chi connectivity index (χ1n) is 4.64.